The molecule has 0 fully saturated rings. The molecule has 2 rings (SSSR count). The first-order chi connectivity index (χ1) is 11.1. The van der Waals surface area contributed by atoms with Crippen LogP contribution in [0.15, 0.2) is 53.4 Å². The maximum atomic E-state index is 12.5. The third-order valence-corrected chi connectivity index (χ3v) is 4.31. The van der Waals surface area contributed by atoms with Gasteiger partial charge < -0.3 is 10.6 Å². The Labute approximate surface area is 140 Å². The molecule has 0 aliphatic carbocycles. The van der Waals surface area contributed by atoms with Crippen LogP contribution in [-0.2, 0) is 4.79 Å². The van der Waals surface area contributed by atoms with E-state index < -0.39 is 0 Å². The highest BCUT2D eigenvalue weighted by atomic mass is 32.2. The second kappa shape index (κ2) is 8.39. The minimum atomic E-state index is -0.149. The van der Waals surface area contributed by atoms with Crippen LogP contribution >= 0.6 is 11.8 Å². The smallest absolute Gasteiger partial charge is 0.256 e. The number of amides is 2. The Hall–Kier alpha value is -2.27. The Kier molecular flexibility index (Phi) is 6.23. The molecule has 120 valence electrons. The molecule has 2 amide bonds. The first-order valence-electron chi connectivity index (χ1n) is 7.51. The Bertz CT molecular complexity index is 701. The lowest BCUT2D eigenvalue weighted by Gasteiger charge is -2.10. The molecule has 4 nitrogen and oxygen atoms in total. The average molecular weight is 328 g/mol. The Morgan fingerprint density at radius 1 is 1.00 bits per heavy atom. The van der Waals surface area contributed by atoms with E-state index in [1.165, 1.54) is 6.92 Å². The fourth-order valence-electron chi connectivity index (χ4n) is 2.07. The number of hydrogen-bond donors (Lipinski definition) is 2. The van der Waals surface area contributed by atoms with Crippen LogP contribution in [0.4, 0.5) is 11.4 Å². The predicted molar refractivity (Wildman–Crippen MR) is 96.2 cm³/mol. The van der Waals surface area contributed by atoms with E-state index in [0.29, 0.717) is 16.9 Å². The number of rotatable bonds is 6. The second-order valence-corrected chi connectivity index (χ2v) is 6.20. The van der Waals surface area contributed by atoms with Gasteiger partial charge in [-0.2, -0.15) is 0 Å². The molecule has 0 aliphatic heterocycles. The molecular formula is C18H20N2O2S. The molecule has 0 heterocycles. The predicted octanol–water partition coefficient (Wildman–Crippen LogP) is 4.40. The van der Waals surface area contributed by atoms with Gasteiger partial charge in [-0.3, -0.25) is 9.59 Å². The molecule has 0 radical (unpaired) electrons. The van der Waals surface area contributed by atoms with Crippen molar-refractivity contribution < 1.29 is 9.59 Å². The lowest BCUT2D eigenvalue weighted by Crippen LogP contribution is -2.13. The molecule has 0 spiro atoms. The zero-order chi connectivity index (χ0) is 16.7. The van der Waals surface area contributed by atoms with Crippen molar-refractivity contribution in [3.63, 3.8) is 0 Å². The fourth-order valence-corrected chi connectivity index (χ4v) is 2.98. The summed E-state index contributed by atoms with van der Waals surface area (Å²) in [6.45, 7) is 3.57. The first kappa shape index (κ1) is 17.1. The van der Waals surface area contributed by atoms with Crippen LogP contribution in [0.5, 0.6) is 0 Å². The van der Waals surface area contributed by atoms with Gasteiger partial charge in [-0.25, -0.2) is 0 Å². The van der Waals surface area contributed by atoms with Crippen molar-refractivity contribution in [3.8, 4) is 0 Å². The summed E-state index contributed by atoms with van der Waals surface area (Å²) in [5.41, 5.74) is 1.97. The van der Waals surface area contributed by atoms with Crippen molar-refractivity contribution in [2.45, 2.75) is 25.2 Å². The van der Waals surface area contributed by atoms with Gasteiger partial charge in [0.05, 0.1) is 5.56 Å². The highest BCUT2D eigenvalue weighted by molar-refractivity contribution is 7.99. The Morgan fingerprint density at radius 2 is 1.70 bits per heavy atom. The molecule has 0 aliphatic rings. The standard InChI is InChI=1S/C18H20N2O2S/c1-3-11-23-17-10-5-4-9-16(17)18(22)20-15-8-6-7-14(12-15)19-13(2)21/h4-10,12H,3,11H2,1-2H3,(H,19,21)(H,20,22). The normalized spacial score (nSPS) is 10.2. The summed E-state index contributed by atoms with van der Waals surface area (Å²) in [7, 11) is 0. The van der Waals surface area contributed by atoms with E-state index in [4.69, 9.17) is 0 Å². The third-order valence-electron chi connectivity index (χ3n) is 3.03. The van der Waals surface area contributed by atoms with Crippen LogP contribution in [0.3, 0.4) is 0 Å². The fraction of sp³-hybridized carbons (Fsp3) is 0.222. The van der Waals surface area contributed by atoms with Gasteiger partial charge in [0, 0.05) is 23.2 Å². The van der Waals surface area contributed by atoms with Crippen LogP contribution in [0.2, 0.25) is 0 Å². The minimum Gasteiger partial charge on any atom is -0.326 e. The topological polar surface area (TPSA) is 58.2 Å². The highest BCUT2D eigenvalue weighted by Crippen LogP contribution is 2.24. The number of nitrogens with one attached hydrogen (secondary N) is 2. The largest absolute Gasteiger partial charge is 0.326 e. The first-order valence-corrected chi connectivity index (χ1v) is 8.49. The van der Waals surface area contributed by atoms with Gasteiger partial charge in [0.1, 0.15) is 0 Å². The lowest BCUT2D eigenvalue weighted by atomic mass is 10.2. The number of thioether (sulfide) groups is 1. The number of carbonyl (C=O) groups is 2. The molecule has 0 unspecified atom stereocenters. The number of hydrogen-bond acceptors (Lipinski definition) is 3. The van der Waals surface area contributed by atoms with Gasteiger partial charge in [-0.1, -0.05) is 25.1 Å². The van der Waals surface area contributed by atoms with Gasteiger partial charge in [0.15, 0.2) is 0 Å². The van der Waals surface area contributed by atoms with Crippen molar-refractivity contribution in [2.24, 2.45) is 0 Å². The molecule has 0 saturated carbocycles. The number of anilines is 2. The Balaban J connectivity index is 2.14. The van der Waals surface area contributed by atoms with Crippen molar-refractivity contribution in [1.29, 1.82) is 0 Å². The maximum absolute atomic E-state index is 12.5. The van der Waals surface area contributed by atoms with Gasteiger partial charge in [0.2, 0.25) is 5.91 Å². The third kappa shape index (κ3) is 5.14. The van der Waals surface area contributed by atoms with Gasteiger partial charge in [0.25, 0.3) is 5.91 Å². The summed E-state index contributed by atoms with van der Waals surface area (Å²) in [5, 5.41) is 5.59. The molecule has 2 aromatic rings. The molecule has 5 heteroatoms. The van der Waals surface area contributed by atoms with Crippen LogP contribution in [0, 0.1) is 0 Å². The van der Waals surface area contributed by atoms with E-state index in [9.17, 15) is 9.59 Å². The van der Waals surface area contributed by atoms with E-state index >= 15 is 0 Å². The van der Waals surface area contributed by atoms with Crippen LogP contribution in [0.1, 0.15) is 30.6 Å². The molecular weight excluding hydrogens is 308 g/mol. The quantitative estimate of drug-likeness (QED) is 0.773. The summed E-state index contributed by atoms with van der Waals surface area (Å²) < 4.78 is 0. The lowest BCUT2D eigenvalue weighted by molar-refractivity contribution is -0.114. The summed E-state index contributed by atoms with van der Waals surface area (Å²) in [6.07, 6.45) is 1.05. The average Bonchev–Trinajstić information content (AvgIpc) is 2.53. The SMILES string of the molecule is CCCSc1ccccc1C(=O)Nc1cccc(NC(C)=O)c1. The molecule has 0 bridgehead atoms. The zero-order valence-corrected chi connectivity index (χ0v) is 14.1. The molecule has 0 atom stereocenters. The molecule has 2 aromatic carbocycles. The molecule has 23 heavy (non-hydrogen) atoms. The molecule has 0 aromatic heterocycles. The summed E-state index contributed by atoms with van der Waals surface area (Å²) in [4.78, 5) is 24.6. The van der Waals surface area contributed by atoms with Gasteiger partial charge in [-0.15, -0.1) is 11.8 Å². The number of benzene rings is 2. The maximum Gasteiger partial charge on any atom is 0.256 e. The van der Waals surface area contributed by atoms with Gasteiger partial charge in [-0.05, 0) is 42.5 Å². The van der Waals surface area contributed by atoms with Gasteiger partial charge >= 0.3 is 0 Å². The van der Waals surface area contributed by atoms with Crippen LogP contribution in [-0.4, -0.2) is 17.6 Å². The van der Waals surface area contributed by atoms with Crippen LogP contribution in [0.25, 0.3) is 0 Å². The Morgan fingerprint density at radius 3 is 2.39 bits per heavy atom. The number of carbonyl (C=O) groups excluding carboxylic acids is 2. The van der Waals surface area contributed by atoms with E-state index in [1.54, 1.807) is 36.0 Å². The van der Waals surface area contributed by atoms with Crippen molar-refractivity contribution in [2.75, 3.05) is 16.4 Å². The van der Waals surface area contributed by atoms with Crippen LogP contribution < -0.4 is 10.6 Å². The molecule has 2 N–H and O–H groups in total. The monoisotopic (exact) mass is 328 g/mol. The summed E-state index contributed by atoms with van der Waals surface area (Å²) in [5.74, 6) is 0.682. The minimum absolute atomic E-state index is 0.144. The van der Waals surface area contributed by atoms with E-state index in [1.807, 2.05) is 24.3 Å². The van der Waals surface area contributed by atoms with Crippen molar-refractivity contribution >= 4 is 35.0 Å². The summed E-state index contributed by atoms with van der Waals surface area (Å²) >= 11 is 1.68. The van der Waals surface area contributed by atoms with E-state index in [2.05, 4.69) is 17.6 Å². The van der Waals surface area contributed by atoms with Crippen molar-refractivity contribution in [3.05, 3.63) is 54.1 Å². The highest BCUT2D eigenvalue weighted by Gasteiger charge is 2.11. The van der Waals surface area contributed by atoms with E-state index in [0.717, 1.165) is 17.1 Å². The van der Waals surface area contributed by atoms with Crippen molar-refractivity contribution in [1.82, 2.24) is 0 Å². The summed E-state index contributed by atoms with van der Waals surface area (Å²) in [6, 6.07) is 14.7. The molecule has 0 saturated heterocycles. The zero-order valence-electron chi connectivity index (χ0n) is 13.3. The van der Waals surface area contributed by atoms with E-state index in [-0.39, 0.29) is 11.8 Å². The second-order valence-electron chi connectivity index (χ2n) is 5.06.